The van der Waals surface area contributed by atoms with E-state index < -0.39 is 11.5 Å². The highest BCUT2D eigenvalue weighted by atomic mass is 16.4. The molecule has 0 aromatic carbocycles. The molecule has 0 bridgehead atoms. The van der Waals surface area contributed by atoms with Gasteiger partial charge < -0.3 is 15.7 Å². The standard InChI is InChI=1S/C12H22N2O3/c1-12(2,13)7-10(15)14-5-3-4-9(8-14)6-11(16)17/h9H,3-8,13H2,1-2H3,(H,16,17). The fraction of sp³-hybridized carbons (Fsp3) is 0.833. The topological polar surface area (TPSA) is 83.6 Å². The SMILES string of the molecule is CC(C)(N)CC(=O)N1CCCC(CC(=O)O)C1. The molecule has 5 nitrogen and oxygen atoms in total. The van der Waals surface area contributed by atoms with E-state index in [-0.39, 0.29) is 18.2 Å². The second-order valence-electron chi connectivity index (χ2n) is 5.61. The third-order valence-corrected chi connectivity index (χ3v) is 2.94. The Morgan fingerprint density at radius 3 is 2.65 bits per heavy atom. The Bertz CT molecular complexity index is 297. The fourth-order valence-electron chi connectivity index (χ4n) is 2.21. The van der Waals surface area contributed by atoms with Gasteiger partial charge in [-0.15, -0.1) is 0 Å². The number of aliphatic carboxylic acids is 1. The molecule has 5 heteroatoms. The number of hydrogen-bond acceptors (Lipinski definition) is 3. The molecule has 1 rings (SSSR count). The average Bonchev–Trinajstić information content (AvgIpc) is 2.14. The van der Waals surface area contributed by atoms with Crippen LogP contribution in [0.4, 0.5) is 0 Å². The molecular formula is C12H22N2O3. The van der Waals surface area contributed by atoms with Crippen molar-refractivity contribution in [3.8, 4) is 0 Å². The normalized spacial score (nSPS) is 21.4. The van der Waals surface area contributed by atoms with E-state index in [2.05, 4.69) is 0 Å². The van der Waals surface area contributed by atoms with Crippen molar-refractivity contribution in [1.82, 2.24) is 4.90 Å². The van der Waals surface area contributed by atoms with E-state index in [1.54, 1.807) is 4.90 Å². The maximum absolute atomic E-state index is 11.9. The van der Waals surface area contributed by atoms with Gasteiger partial charge in [0.1, 0.15) is 0 Å². The zero-order valence-electron chi connectivity index (χ0n) is 10.6. The summed E-state index contributed by atoms with van der Waals surface area (Å²) in [4.78, 5) is 24.3. The minimum Gasteiger partial charge on any atom is -0.481 e. The Balaban J connectivity index is 2.49. The van der Waals surface area contributed by atoms with Crippen molar-refractivity contribution in [2.45, 2.75) is 45.1 Å². The summed E-state index contributed by atoms with van der Waals surface area (Å²) in [6, 6.07) is 0. The summed E-state index contributed by atoms with van der Waals surface area (Å²) in [5.74, 6) is -0.665. The highest BCUT2D eigenvalue weighted by molar-refractivity contribution is 5.77. The Morgan fingerprint density at radius 1 is 1.47 bits per heavy atom. The summed E-state index contributed by atoms with van der Waals surface area (Å²) < 4.78 is 0. The summed E-state index contributed by atoms with van der Waals surface area (Å²) in [6.45, 7) is 4.93. The lowest BCUT2D eigenvalue weighted by Crippen LogP contribution is -2.45. The van der Waals surface area contributed by atoms with Crippen LogP contribution in [0, 0.1) is 5.92 Å². The minimum atomic E-state index is -0.788. The molecular weight excluding hydrogens is 220 g/mol. The molecule has 98 valence electrons. The number of hydrogen-bond donors (Lipinski definition) is 2. The van der Waals surface area contributed by atoms with Crippen molar-refractivity contribution in [2.24, 2.45) is 11.7 Å². The first kappa shape index (κ1) is 14.0. The number of nitrogens with two attached hydrogens (primary N) is 1. The van der Waals surface area contributed by atoms with Crippen LogP contribution in [0.5, 0.6) is 0 Å². The molecule has 0 aromatic rings. The summed E-state index contributed by atoms with van der Waals surface area (Å²) in [6.07, 6.45) is 2.24. The molecule has 3 N–H and O–H groups in total. The molecule has 1 unspecified atom stereocenters. The number of rotatable bonds is 4. The predicted octanol–water partition coefficient (Wildman–Crippen LogP) is 0.827. The monoisotopic (exact) mass is 242 g/mol. The van der Waals surface area contributed by atoms with Gasteiger partial charge in [-0.1, -0.05) is 0 Å². The molecule has 1 heterocycles. The molecule has 0 aliphatic carbocycles. The maximum Gasteiger partial charge on any atom is 0.303 e. The van der Waals surface area contributed by atoms with Crippen LogP contribution in [-0.2, 0) is 9.59 Å². The number of likely N-dealkylation sites (tertiary alicyclic amines) is 1. The van der Waals surface area contributed by atoms with Gasteiger partial charge in [0.25, 0.3) is 0 Å². The largest absolute Gasteiger partial charge is 0.481 e. The average molecular weight is 242 g/mol. The van der Waals surface area contributed by atoms with Crippen molar-refractivity contribution < 1.29 is 14.7 Å². The zero-order chi connectivity index (χ0) is 13.1. The Morgan fingerprint density at radius 2 is 2.12 bits per heavy atom. The zero-order valence-corrected chi connectivity index (χ0v) is 10.6. The first-order valence-corrected chi connectivity index (χ1v) is 6.06. The Kier molecular flexibility index (Phi) is 4.51. The number of carboxylic acids is 1. The van der Waals surface area contributed by atoms with Crippen LogP contribution in [-0.4, -0.2) is 40.5 Å². The van der Waals surface area contributed by atoms with Crippen LogP contribution in [0.15, 0.2) is 0 Å². The second-order valence-corrected chi connectivity index (χ2v) is 5.61. The van der Waals surface area contributed by atoms with Crippen LogP contribution in [0.1, 0.15) is 39.5 Å². The fourth-order valence-corrected chi connectivity index (χ4v) is 2.21. The van der Waals surface area contributed by atoms with E-state index in [4.69, 9.17) is 10.8 Å². The van der Waals surface area contributed by atoms with E-state index in [0.29, 0.717) is 13.0 Å². The Hall–Kier alpha value is -1.10. The van der Waals surface area contributed by atoms with Gasteiger partial charge in [-0.25, -0.2) is 0 Å². The van der Waals surface area contributed by atoms with Gasteiger partial charge in [-0.3, -0.25) is 9.59 Å². The third kappa shape index (κ3) is 5.17. The highest BCUT2D eigenvalue weighted by Crippen LogP contribution is 2.21. The van der Waals surface area contributed by atoms with Crippen LogP contribution in [0.3, 0.4) is 0 Å². The first-order chi connectivity index (χ1) is 7.78. The lowest BCUT2D eigenvalue weighted by Gasteiger charge is -2.33. The van der Waals surface area contributed by atoms with Crippen molar-refractivity contribution in [2.75, 3.05) is 13.1 Å². The molecule has 0 aromatic heterocycles. The van der Waals surface area contributed by atoms with E-state index >= 15 is 0 Å². The third-order valence-electron chi connectivity index (χ3n) is 2.94. The summed E-state index contributed by atoms with van der Waals surface area (Å²) in [7, 11) is 0. The van der Waals surface area contributed by atoms with Crippen LogP contribution in [0.25, 0.3) is 0 Å². The predicted molar refractivity (Wildman–Crippen MR) is 64.4 cm³/mol. The molecule has 0 spiro atoms. The molecule has 1 aliphatic heterocycles. The van der Waals surface area contributed by atoms with E-state index in [0.717, 1.165) is 19.4 Å². The van der Waals surface area contributed by atoms with Gasteiger partial charge in [0.15, 0.2) is 0 Å². The molecule has 1 saturated heterocycles. The van der Waals surface area contributed by atoms with E-state index in [9.17, 15) is 9.59 Å². The second kappa shape index (κ2) is 5.49. The maximum atomic E-state index is 11.9. The number of carbonyl (C=O) groups is 2. The van der Waals surface area contributed by atoms with Crippen LogP contribution < -0.4 is 5.73 Å². The molecule has 0 saturated carbocycles. The van der Waals surface area contributed by atoms with Crippen LogP contribution >= 0.6 is 0 Å². The summed E-state index contributed by atoms with van der Waals surface area (Å²) in [5.41, 5.74) is 5.31. The van der Waals surface area contributed by atoms with Crippen molar-refractivity contribution >= 4 is 11.9 Å². The van der Waals surface area contributed by atoms with E-state index in [1.165, 1.54) is 0 Å². The molecule has 1 aliphatic rings. The Labute approximate surface area is 102 Å². The smallest absolute Gasteiger partial charge is 0.303 e. The van der Waals surface area contributed by atoms with Gasteiger partial charge in [0.2, 0.25) is 5.91 Å². The van der Waals surface area contributed by atoms with Gasteiger partial charge in [0.05, 0.1) is 0 Å². The number of piperidine rings is 1. The van der Waals surface area contributed by atoms with Gasteiger partial charge >= 0.3 is 5.97 Å². The van der Waals surface area contributed by atoms with Crippen molar-refractivity contribution in [1.29, 1.82) is 0 Å². The number of nitrogens with zero attached hydrogens (tertiary/aromatic N) is 1. The first-order valence-electron chi connectivity index (χ1n) is 6.06. The summed E-state index contributed by atoms with van der Waals surface area (Å²) in [5, 5.41) is 8.75. The van der Waals surface area contributed by atoms with Gasteiger partial charge in [-0.2, -0.15) is 0 Å². The molecule has 1 atom stereocenters. The molecule has 0 radical (unpaired) electrons. The summed E-state index contributed by atoms with van der Waals surface area (Å²) >= 11 is 0. The van der Waals surface area contributed by atoms with Crippen molar-refractivity contribution in [3.63, 3.8) is 0 Å². The molecule has 1 fully saturated rings. The van der Waals surface area contributed by atoms with Gasteiger partial charge in [-0.05, 0) is 32.6 Å². The van der Waals surface area contributed by atoms with Gasteiger partial charge in [0, 0.05) is 31.5 Å². The minimum absolute atomic E-state index is 0.0348. The molecule has 17 heavy (non-hydrogen) atoms. The number of carbonyl (C=O) groups excluding carboxylic acids is 1. The number of amides is 1. The van der Waals surface area contributed by atoms with Crippen LogP contribution in [0.2, 0.25) is 0 Å². The van der Waals surface area contributed by atoms with E-state index in [1.807, 2.05) is 13.8 Å². The lowest BCUT2D eigenvalue weighted by atomic mass is 9.93. The number of carboxylic acid groups (broad SMARTS) is 1. The lowest BCUT2D eigenvalue weighted by molar-refractivity contribution is -0.141. The van der Waals surface area contributed by atoms with Crippen molar-refractivity contribution in [3.05, 3.63) is 0 Å². The quantitative estimate of drug-likeness (QED) is 0.764. The highest BCUT2D eigenvalue weighted by Gasteiger charge is 2.27. The molecule has 1 amide bonds.